The molecule has 1 amide bonds. The molecule has 2 heterocycles. The molecule has 0 fully saturated rings. The Balaban J connectivity index is 1.77. The molecule has 3 rings (SSSR count). The number of nitrogens with zero attached hydrogens (tertiary/aromatic N) is 1. The van der Waals surface area contributed by atoms with Gasteiger partial charge in [0.15, 0.2) is 0 Å². The molecule has 0 radical (unpaired) electrons. The van der Waals surface area contributed by atoms with Crippen LogP contribution in [0.15, 0.2) is 23.1 Å². The largest absolute Gasteiger partial charge is 0.433 e. The number of pyridine rings is 2. The highest BCUT2D eigenvalue weighted by molar-refractivity contribution is 5.93. The molecule has 5 nitrogen and oxygen atoms in total. The Labute approximate surface area is 147 Å². The van der Waals surface area contributed by atoms with E-state index in [1.807, 2.05) is 6.92 Å². The number of carbonyl (C=O) groups is 1. The van der Waals surface area contributed by atoms with Crippen LogP contribution in [0.25, 0.3) is 0 Å². The maximum absolute atomic E-state index is 12.5. The summed E-state index contributed by atoms with van der Waals surface area (Å²) in [5.41, 5.74) is 2.17. The van der Waals surface area contributed by atoms with Gasteiger partial charge in [-0.1, -0.05) is 0 Å². The van der Waals surface area contributed by atoms with E-state index in [2.05, 4.69) is 15.3 Å². The van der Waals surface area contributed by atoms with Crippen molar-refractivity contribution in [3.63, 3.8) is 0 Å². The third-order valence-corrected chi connectivity index (χ3v) is 4.60. The van der Waals surface area contributed by atoms with Crippen molar-refractivity contribution in [3.05, 3.63) is 62.3 Å². The molecule has 0 saturated heterocycles. The van der Waals surface area contributed by atoms with Gasteiger partial charge in [-0.3, -0.25) is 14.6 Å². The average molecular weight is 365 g/mol. The lowest BCUT2D eigenvalue weighted by Crippen LogP contribution is -2.30. The molecule has 1 aliphatic carbocycles. The quantitative estimate of drug-likeness (QED) is 0.878. The number of hydrogen-bond donors (Lipinski definition) is 2. The van der Waals surface area contributed by atoms with Crippen LogP contribution < -0.4 is 10.9 Å². The van der Waals surface area contributed by atoms with Crippen LogP contribution in [-0.4, -0.2) is 15.9 Å². The molecule has 2 aromatic heterocycles. The number of halogens is 3. The summed E-state index contributed by atoms with van der Waals surface area (Å²) in [6, 6.07) is 1.83. The van der Waals surface area contributed by atoms with Crippen molar-refractivity contribution in [3.8, 4) is 0 Å². The minimum Gasteiger partial charge on any atom is -0.348 e. The Bertz CT molecular complexity index is 886. The van der Waals surface area contributed by atoms with Gasteiger partial charge in [0.25, 0.3) is 11.5 Å². The fourth-order valence-electron chi connectivity index (χ4n) is 3.26. The van der Waals surface area contributed by atoms with Crippen molar-refractivity contribution < 1.29 is 18.0 Å². The van der Waals surface area contributed by atoms with E-state index in [0.29, 0.717) is 5.56 Å². The van der Waals surface area contributed by atoms with Crippen LogP contribution >= 0.6 is 0 Å². The van der Waals surface area contributed by atoms with E-state index in [1.165, 1.54) is 0 Å². The molecule has 0 atom stereocenters. The van der Waals surface area contributed by atoms with Crippen molar-refractivity contribution in [2.75, 3.05) is 0 Å². The summed E-state index contributed by atoms with van der Waals surface area (Å²) >= 11 is 0. The second-order valence-corrected chi connectivity index (χ2v) is 6.33. The Morgan fingerprint density at radius 2 is 1.92 bits per heavy atom. The summed E-state index contributed by atoms with van der Waals surface area (Å²) in [4.78, 5) is 30.5. The molecule has 26 heavy (non-hydrogen) atoms. The zero-order valence-corrected chi connectivity index (χ0v) is 14.2. The first kappa shape index (κ1) is 18.2. The zero-order valence-electron chi connectivity index (χ0n) is 14.2. The predicted molar refractivity (Wildman–Crippen MR) is 88.9 cm³/mol. The highest BCUT2D eigenvalue weighted by Gasteiger charge is 2.32. The second-order valence-electron chi connectivity index (χ2n) is 6.33. The molecule has 138 valence electrons. The van der Waals surface area contributed by atoms with E-state index in [-0.39, 0.29) is 17.7 Å². The van der Waals surface area contributed by atoms with Gasteiger partial charge in [0, 0.05) is 24.0 Å². The van der Waals surface area contributed by atoms with Gasteiger partial charge in [-0.25, -0.2) is 0 Å². The molecular formula is C18H18F3N3O2. The van der Waals surface area contributed by atoms with E-state index in [1.54, 1.807) is 0 Å². The fourth-order valence-corrected chi connectivity index (χ4v) is 3.26. The van der Waals surface area contributed by atoms with Gasteiger partial charge < -0.3 is 10.3 Å². The summed E-state index contributed by atoms with van der Waals surface area (Å²) in [6.45, 7) is 1.89. The first-order valence-electron chi connectivity index (χ1n) is 8.32. The first-order chi connectivity index (χ1) is 12.3. The van der Waals surface area contributed by atoms with Crippen molar-refractivity contribution in [1.29, 1.82) is 0 Å². The minimum absolute atomic E-state index is 0.00964. The van der Waals surface area contributed by atoms with Gasteiger partial charge >= 0.3 is 6.18 Å². The van der Waals surface area contributed by atoms with Crippen LogP contribution in [0.5, 0.6) is 0 Å². The summed E-state index contributed by atoms with van der Waals surface area (Å²) < 4.78 is 37.6. The van der Waals surface area contributed by atoms with Crippen LogP contribution in [0.1, 0.15) is 51.3 Å². The Hall–Kier alpha value is -2.64. The highest BCUT2D eigenvalue weighted by Crippen LogP contribution is 2.27. The molecule has 0 unspecified atom stereocenters. The normalized spacial score (nSPS) is 14.0. The summed E-state index contributed by atoms with van der Waals surface area (Å²) in [5, 5.41) is 2.60. The van der Waals surface area contributed by atoms with Crippen molar-refractivity contribution in [2.45, 2.75) is 45.3 Å². The van der Waals surface area contributed by atoms with Crippen LogP contribution in [0.3, 0.4) is 0 Å². The fraction of sp³-hybridized carbons (Fsp3) is 0.389. The Kier molecular flexibility index (Phi) is 4.84. The lowest BCUT2D eigenvalue weighted by molar-refractivity contribution is -0.141. The number of carbonyl (C=O) groups excluding carboxylic acids is 1. The Morgan fingerprint density at radius 1 is 1.23 bits per heavy atom. The zero-order chi connectivity index (χ0) is 18.9. The lowest BCUT2D eigenvalue weighted by Gasteiger charge is -2.21. The summed E-state index contributed by atoms with van der Waals surface area (Å²) in [7, 11) is 0. The Morgan fingerprint density at radius 3 is 2.54 bits per heavy atom. The molecule has 2 N–H and O–H groups in total. The van der Waals surface area contributed by atoms with E-state index >= 15 is 0 Å². The molecule has 0 saturated carbocycles. The number of hydrogen-bond acceptors (Lipinski definition) is 3. The number of aromatic amines is 1. The topological polar surface area (TPSA) is 74.8 Å². The number of nitrogens with one attached hydrogen (secondary N) is 2. The van der Waals surface area contributed by atoms with Crippen LogP contribution in [0.4, 0.5) is 13.2 Å². The molecule has 0 aromatic carbocycles. The third-order valence-electron chi connectivity index (χ3n) is 4.60. The lowest BCUT2D eigenvalue weighted by atomic mass is 9.88. The van der Waals surface area contributed by atoms with Gasteiger partial charge in [-0.2, -0.15) is 13.2 Å². The molecule has 1 aliphatic rings. The second kappa shape index (κ2) is 6.93. The van der Waals surface area contributed by atoms with E-state index in [0.717, 1.165) is 60.8 Å². The van der Waals surface area contributed by atoms with Crippen molar-refractivity contribution >= 4 is 5.91 Å². The SMILES string of the molecule is Cc1[nH]c(=O)c(CNC(=O)c2ccc(C(F)(F)F)nc2)c2c1CCCC2. The number of alkyl halides is 3. The van der Waals surface area contributed by atoms with Crippen molar-refractivity contribution in [2.24, 2.45) is 0 Å². The van der Waals surface area contributed by atoms with E-state index < -0.39 is 17.8 Å². The monoisotopic (exact) mass is 365 g/mol. The van der Waals surface area contributed by atoms with Crippen LogP contribution in [0.2, 0.25) is 0 Å². The molecular weight excluding hydrogens is 347 g/mol. The number of aryl methyl sites for hydroxylation is 1. The maximum Gasteiger partial charge on any atom is 0.433 e. The molecule has 2 aromatic rings. The van der Waals surface area contributed by atoms with Crippen LogP contribution in [-0.2, 0) is 25.6 Å². The maximum atomic E-state index is 12.5. The summed E-state index contributed by atoms with van der Waals surface area (Å²) in [5.74, 6) is -0.573. The number of rotatable bonds is 3. The van der Waals surface area contributed by atoms with Crippen molar-refractivity contribution in [1.82, 2.24) is 15.3 Å². The first-order valence-corrected chi connectivity index (χ1v) is 8.32. The van der Waals surface area contributed by atoms with Gasteiger partial charge in [-0.05, 0) is 55.9 Å². The van der Waals surface area contributed by atoms with Gasteiger partial charge in [0.1, 0.15) is 5.69 Å². The molecule has 0 bridgehead atoms. The standard InChI is InChI=1S/C18H18F3N3O2/c1-10-12-4-2-3-5-13(12)14(17(26)24-10)9-23-16(25)11-6-7-15(22-8-11)18(19,20)21/h6-8H,2-5,9H2,1H3,(H,23,25)(H,24,26). The van der Waals surface area contributed by atoms with Gasteiger partial charge in [0.2, 0.25) is 0 Å². The molecule has 8 heteroatoms. The third kappa shape index (κ3) is 3.63. The van der Waals surface area contributed by atoms with E-state index in [9.17, 15) is 22.8 Å². The smallest absolute Gasteiger partial charge is 0.348 e. The van der Waals surface area contributed by atoms with Gasteiger partial charge in [0.05, 0.1) is 5.56 Å². The minimum atomic E-state index is -4.55. The molecule has 0 aliphatic heterocycles. The van der Waals surface area contributed by atoms with E-state index in [4.69, 9.17) is 0 Å². The number of amides is 1. The molecule has 0 spiro atoms. The number of fused-ring (bicyclic) bond motifs is 1. The number of aromatic nitrogens is 2. The summed E-state index contributed by atoms with van der Waals surface area (Å²) in [6.07, 6.45) is 0.0493. The van der Waals surface area contributed by atoms with Gasteiger partial charge in [-0.15, -0.1) is 0 Å². The van der Waals surface area contributed by atoms with Crippen LogP contribution in [0, 0.1) is 6.92 Å². The predicted octanol–water partition coefficient (Wildman–Crippen LogP) is 2.91. The highest BCUT2D eigenvalue weighted by atomic mass is 19.4. The average Bonchev–Trinajstić information content (AvgIpc) is 2.60. The number of H-pyrrole nitrogens is 1.